The van der Waals surface area contributed by atoms with Gasteiger partial charge in [0.25, 0.3) is 5.91 Å². The van der Waals surface area contributed by atoms with E-state index >= 15 is 0 Å². The molecule has 1 saturated heterocycles. The number of nitrogens with one attached hydrogen (secondary N) is 3. The molecule has 3 amide bonds. The highest BCUT2D eigenvalue weighted by Gasteiger charge is 2.21. The van der Waals surface area contributed by atoms with Gasteiger partial charge >= 0.3 is 6.03 Å². The molecule has 184 valence electrons. The average molecular weight is 477 g/mol. The van der Waals surface area contributed by atoms with Crippen molar-refractivity contribution in [1.82, 2.24) is 15.0 Å². The van der Waals surface area contributed by atoms with E-state index in [1.807, 2.05) is 33.0 Å². The Morgan fingerprint density at radius 3 is 2.20 bits per heavy atom. The number of hydrogen-bond donors (Lipinski definition) is 3. The first-order valence-corrected chi connectivity index (χ1v) is 11.8. The van der Waals surface area contributed by atoms with E-state index in [-0.39, 0.29) is 11.3 Å². The van der Waals surface area contributed by atoms with Crippen molar-refractivity contribution >= 4 is 29.1 Å². The molecule has 0 aliphatic carbocycles. The predicted octanol–water partition coefficient (Wildman–Crippen LogP) is 5.07. The summed E-state index contributed by atoms with van der Waals surface area (Å²) >= 11 is 0. The number of carbonyl (C=O) groups is 2. The van der Waals surface area contributed by atoms with Crippen molar-refractivity contribution in [2.24, 2.45) is 0 Å². The van der Waals surface area contributed by atoms with Crippen LogP contribution in [0.5, 0.6) is 0 Å². The lowest BCUT2D eigenvalue weighted by Gasteiger charge is -2.29. The van der Waals surface area contributed by atoms with Crippen molar-refractivity contribution in [3.05, 3.63) is 65.7 Å². The summed E-state index contributed by atoms with van der Waals surface area (Å²) in [4.78, 5) is 31.6. The van der Waals surface area contributed by atoms with E-state index in [2.05, 4.69) is 38.0 Å². The first-order chi connectivity index (χ1) is 16.7. The molecule has 1 aliphatic heterocycles. The number of rotatable bonds is 5. The zero-order valence-corrected chi connectivity index (χ0v) is 20.6. The molecule has 3 aromatic rings. The second-order valence-electron chi connectivity index (χ2n) is 9.99. The van der Waals surface area contributed by atoms with Gasteiger partial charge in [0.2, 0.25) is 0 Å². The van der Waals surface area contributed by atoms with E-state index in [9.17, 15) is 9.59 Å². The lowest BCUT2D eigenvalue weighted by molar-refractivity contribution is 0.102. The number of nitrogens with zero attached hydrogens (tertiary/aromatic N) is 3. The van der Waals surface area contributed by atoms with Gasteiger partial charge in [-0.2, -0.15) is 0 Å². The fraction of sp³-hybridized carbons (Fsp3) is 0.385. The maximum absolute atomic E-state index is 12.6. The number of amides is 3. The van der Waals surface area contributed by atoms with Gasteiger partial charge in [-0.1, -0.05) is 32.0 Å². The van der Waals surface area contributed by atoms with Gasteiger partial charge in [-0.3, -0.25) is 15.1 Å². The van der Waals surface area contributed by atoms with Crippen molar-refractivity contribution in [2.75, 3.05) is 36.1 Å². The molecule has 2 aromatic heterocycles. The summed E-state index contributed by atoms with van der Waals surface area (Å²) in [5.41, 5.74) is 2.52. The number of anilines is 3. The average Bonchev–Trinajstić information content (AvgIpc) is 3.30. The minimum Gasteiger partial charge on any atom is -0.359 e. The van der Waals surface area contributed by atoms with Crippen LogP contribution >= 0.6 is 0 Å². The van der Waals surface area contributed by atoms with Crippen LogP contribution in [0.2, 0.25) is 0 Å². The quantitative estimate of drug-likeness (QED) is 0.474. The van der Waals surface area contributed by atoms with Crippen LogP contribution in [0.15, 0.2) is 53.2 Å². The number of urea groups is 1. The summed E-state index contributed by atoms with van der Waals surface area (Å²) in [6.07, 6.45) is 4.03. The summed E-state index contributed by atoms with van der Waals surface area (Å²) in [6.45, 7) is 8.16. The van der Waals surface area contributed by atoms with Gasteiger partial charge in [-0.05, 0) is 74.8 Å². The molecule has 0 saturated carbocycles. The summed E-state index contributed by atoms with van der Waals surface area (Å²) in [5, 5.41) is 12.1. The molecule has 0 radical (unpaired) electrons. The standard InChI is InChI=1S/C26H32N6O3/c1-26(2,3)22-15-23(31-35-22)30-25(34)29-20-8-6-19(7-9-20)28-24(33)21-10-5-18(16-27-21)17-11-13-32(4)14-12-17/h5-10,15-17H,11-14H2,1-4H3,(H,28,33)(H2,29,30,31,34). The van der Waals surface area contributed by atoms with Gasteiger partial charge in [-0.15, -0.1) is 0 Å². The summed E-state index contributed by atoms with van der Waals surface area (Å²) < 4.78 is 5.27. The molecule has 0 bridgehead atoms. The number of piperidine rings is 1. The van der Waals surface area contributed by atoms with E-state index in [1.54, 1.807) is 36.4 Å². The first-order valence-electron chi connectivity index (χ1n) is 11.8. The molecule has 35 heavy (non-hydrogen) atoms. The molecule has 1 fully saturated rings. The summed E-state index contributed by atoms with van der Waals surface area (Å²) in [5.74, 6) is 1.24. The van der Waals surface area contributed by atoms with Gasteiger partial charge in [0.1, 0.15) is 11.5 Å². The van der Waals surface area contributed by atoms with Gasteiger partial charge in [0.05, 0.1) is 0 Å². The second-order valence-corrected chi connectivity index (χ2v) is 9.99. The third kappa shape index (κ3) is 6.45. The van der Waals surface area contributed by atoms with Crippen LogP contribution in [0.3, 0.4) is 0 Å². The Labute approximate surface area is 205 Å². The van der Waals surface area contributed by atoms with Crippen molar-refractivity contribution in [3.8, 4) is 0 Å². The van der Waals surface area contributed by atoms with E-state index < -0.39 is 6.03 Å². The van der Waals surface area contributed by atoms with Gasteiger partial charge < -0.3 is 20.1 Å². The smallest absolute Gasteiger partial charge is 0.324 e. The number of aromatic nitrogens is 2. The Kier molecular flexibility index (Phi) is 7.16. The zero-order chi connectivity index (χ0) is 25.0. The SMILES string of the molecule is CN1CCC(c2ccc(C(=O)Nc3ccc(NC(=O)Nc4cc(C(C)(C)C)on4)cc3)nc2)CC1. The monoisotopic (exact) mass is 476 g/mol. The Bertz CT molecular complexity index is 1160. The molecule has 3 heterocycles. The topological polar surface area (TPSA) is 112 Å². The minimum atomic E-state index is -0.440. The van der Waals surface area contributed by atoms with E-state index in [1.165, 1.54) is 5.56 Å². The molecule has 1 aromatic carbocycles. The van der Waals surface area contributed by atoms with Gasteiger partial charge in [-0.25, -0.2) is 4.79 Å². The van der Waals surface area contributed by atoms with Crippen molar-refractivity contribution in [3.63, 3.8) is 0 Å². The Morgan fingerprint density at radius 2 is 1.63 bits per heavy atom. The van der Waals surface area contributed by atoms with Crippen molar-refractivity contribution < 1.29 is 14.1 Å². The third-order valence-electron chi connectivity index (χ3n) is 6.10. The van der Waals surface area contributed by atoms with E-state index in [0.717, 1.165) is 25.9 Å². The fourth-order valence-corrected chi connectivity index (χ4v) is 3.92. The molecule has 1 aliphatic rings. The Morgan fingerprint density at radius 1 is 0.971 bits per heavy atom. The molecule has 0 unspecified atom stereocenters. The van der Waals surface area contributed by atoms with Crippen LogP contribution in [0.25, 0.3) is 0 Å². The molecule has 0 spiro atoms. The molecule has 3 N–H and O–H groups in total. The minimum absolute atomic E-state index is 0.200. The van der Waals surface area contributed by atoms with Crippen LogP contribution in [0.1, 0.15) is 61.3 Å². The number of carbonyl (C=O) groups excluding carboxylic acids is 2. The lowest BCUT2D eigenvalue weighted by Crippen LogP contribution is -2.29. The largest absolute Gasteiger partial charge is 0.359 e. The maximum Gasteiger partial charge on any atom is 0.324 e. The fourth-order valence-electron chi connectivity index (χ4n) is 3.92. The highest BCUT2D eigenvalue weighted by Crippen LogP contribution is 2.27. The number of benzene rings is 1. The number of likely N-dealkylation sites (tertiary alicyclic amines) is 1. The van der Waals surface area contributed by atoms with Crippen LogP contribution in [0.4, 0.5) is 22.0 Å². The Hall–Kier alpha value is -3.72. The molecule has 9 nitrogen and oxygen atoms in total. The summed E-state index contributed by atoms with van der Waals surface area (Å²) in [6, 6.07) is 11.9. The highest BCUT2D eigenvalue weighted by molar-refractivity contribution is 6.03. The van der Waals surface area contributed by atoms with Crippen molar-refractivity contribution in [1.29, 1.82) is 0 Å². The van der Waals surface area contributed by atoms with Gasteiger partial charge in [0.15, 0.2) is 5.82 Å². The molecular weight excluding hydrogens is 444 g/mol. The number of hydrogen-bond acceptors (Lipinski definition) is 6. The van der Waals surface area contributed by atoms with Crippen LogP contribution in [0, 0.1) is 0 Å². The predicted molar refractivity (Wildman–Crippen MR) is 136 cm³/mol. The molecular formula is C26H32N6O3. The lowest BCUT2D eigenvalue weighted by atomic mass is 9.90. The van der Waals surface area contributed by atoms with E-state index in [0.29, 0.717) is 34.6 Å². The van der Waals surface area contributed by atoms with E-state index in [4.69, 9.17) is 4.52 Å². The summed E-state index contributed by atoms with van der Waals surface area (Å²) in [7, 11) is 2.14. The maximum atomic E-state index is 12.6. The molecule has 9 heteroatoms. The Balaban J connectivity index is 1.29. The van der Waals surface area contributed by atoms with Crippen molar-refractivity contribution in [2.45, 2.75) is 44.9 Å². The normalized spacial score (nSPS) is 15.0. The van der Waals surface area contributed by atoms with Gasteiger partial charge in [0, 0.05) is 29.1 Å². The zero-order valence-electron chi connectivity index (χ0n) is 20.6. The molecule has 4 rings (SSSR count). The molecule has 0 atom stereocenters. The van der Waals surface area contributed by atoms with Crippen LogP contribution < -0.4 is 16.0 Å². The van der Waals surface area contributed by atoms with Crippen LogP contribution in [-0.2, 0) is 5.41 Å². The highest BCUT2D eigenvalue weighted by atomic mass is 16.5. The number of pyridine rings is 1. The van der Waals surface area contributed by atoms with Crippen LogP contribution in [-0.4, -0.2) is 47.1 Å². The third-order valence-corrected chi connectivity index (χ3v) is 6.10. The first kappa shape index (κ1) is 24.4. The second kappa shape index (κ2) is 10.3.